The first-order valence-electron chi connectivity index (χ1n) is 5.07. The summed E-state index contributed by atoms with van der Waals surface area (Å²) in [5, 5.41) is 14.9. The fourth-order valence-electron chi connectivity index (χ4n) is 1.65. The fraction of sp³-hybridized carbons (Fsp3) is 0.182. The summed E-state index contributed by atoms with van der Waals surface area (Å²) in [6.45, 7) is 3.53. The topological polar surface area (TPSA) is 87.0 Å². The van der Waals surface area contributed by atoms with Crippen molar-refractivity contribution < 1.29 is 4.92 Å². The lowest BCUT2D eigenvalue weighted by Crippen LogP contribution is -2.02. The maximum atomic E-state index is 10.8. The van der Waals surface area contributed by atoms with E-state index < -0.39 is 4.92 Å². The van der Waals surface area contributed by atoms with E-state index in [0.717, 1.165) is 5.56 Å². The van der Waals surface area contributed by atoms with E-state index in [-0.39, 0.29) is 11.5 Å². The van der Waals surface area contributed by atoms with Gasteiger partial charge in [0.15, 0.2) is 0 Å². The Morgan fingerprint density at radius 3 is 2.35 bits per heavy atom. The molecule has 6 heteroatoms. The van der Waals surface area contributed by atoms with E-state index in [1.165, 1.54) is 4.68 Å². The second-order valence-corrected chi connectivity index (χ2v) is 3.82. The molecule has 0 saturated carbocycles. The van der Waals surface area contributed by atoms with Crippen LogP contribution in [0, 0.1) is 24.0 Å². The van der Waals surface area contributed by atoms with Crippen LogP contribution in [0.25, 0.3) is 5.69 Å². The third kappa shape index (κ3) is 1.84. The number of anilines is 1. The number of hydrogen-bond acceptors (Lipinski definition) is 4. The highest BCUT2D eigenvalue weighted by molar-refractivity contribution is 5.59. The summed E-state index contributed by atoms with van der Waals surface area (Å²) in [7, 11) is 0. The van der Waals surface area contributed by atoms with Gasteiger partial charge in [-0.25, -0.2) is 4.68 Å². The summed E-state index contributed by atoms with van der Waals surface area (Å²) >= 11 is 0. The third-order valence-electron chi connectivity index (χ3n) is 2.52. The van der Waals surface area contributed by atoms with Gasteiger partial charge in [-0.3, -0.25) is 10.1 Å². The Balaban J connectivity index is 2.57. The zero-order chi connectivity index (χ0) is 12.6. The number of aryl methyl sites for hydroxylation is 2. The van der Waals surface area contributed by atoms with Crippen LogP contribution in [-0.4, -0.2) is 14.7 Å². The monoisotopic (exact) mass is 232 g/mol. The predicted octanol–water partition coefficient (Wildman–Crippen LogP) is 1.98. The van der Waals surface area contributed by atoms with Gasteiger partial charge in [-0.1, -0.05) is 17.7 Å². The first-order chi connectivity index (χ1) is 8.00. The molecule has 0 radical (unpaired) electrons. The smallest absolute Gasteiger partial charge is 0.333 e. The summed E-state index contributed by atoms with van der Waals surface area (Å²) in [6, 6.07) is 7.44. The highest BCUT2D eigenvalue weighted by Crippen LogP contribution is 2.27. The standard InChI is InChI=1S/C11H12N4O2/c1-7-3-5-9(6-4-7)14-11(12)10(15(16)17)8(2)13-14/h3-6H,12H2,1-2H3. The van der Waals surface area contributed by atoms with Gasteiger partial charge in [0.1, 0.15) is 5.69 Å². The van der Waals surface area contributed by atoms with Crippen molar-refractivity contribution >= 4 is 11.5 Å². The molecule has 1 aromatic carbocycles. The summed E-state index contributed by atoms with van der Waals surface area (Å²) in [6.07, 6.45) is 0. The Hall–Kier alpha value is -2.37. The Labute approximate surface area is 97.8 Å². The van der Waals surface area contributed by atoms with Crippen molar-refractivity contribution in [2.75, 3.05) is 5.73 Å². The molecule has 0 bridgehead atoms. The van der Waals surface area contributed by atoms with E-state index in [0.29, 0.717) is 11.4 Å². The molecule has 2 N–H and O–H groups in total. The summed E-state index contributed by atoms with van der Waals surface area (Å²) in [5.41, 5.74) is 7.73. The number of nitrogens with zero attached hydrogens (tertiary/aromatic N) is 3. The fourth-order valence-corrected chi connectivity index (χ4v) is 1.65. The Morgan fingerprint density at radius 2 is 1.88 bits per heavy atom. The molecule has 1 aromatic heterocycles. The number of nitrogen functional groups attached to an aromatic ring is 1. The molecule has 0 fully saturated rings. The van der Waals surface area contributed by atoms with Gasteiger partial charge < -0.3 is 5.73 Å². The molecule has 2 rings (SSSR count). The van der Waals surface area contributed by atoms with Gasteiger partial charge in [-0.2, -0.15) is 5.10 Å². The molecule has 0 aliphatic heterocycles. The van der Waals surface area contributed by atoms with Crippen molar-refractivity contribution in [1.82, 2.24) is 9.78 Å². The molecule has 88 valence electrons. The van der Waals surface area contributed by atoms with Crippen LogP contribution in [0.1, 0.15) is 11.3 Å². The van der Waals surface area contributed by atoms with Gasteiger partial charge in [0.2, 0.25) is 5.82 Å². The second-order valence-electron chi connectivity index (χ2n) is 3.82. The van der Waals surface area contributed by atoms with Crippen LogP contribution >= 0.6 is 0 Å². The number of rotatable bonds is 2. The van der Waals surface area contributed by atoms with E-state index in [1.54, 1.807) is 6.92 Å². The van der Waals surface area contributed by atoms with E-state index in [2.05, 4.69) is 5.10 Å². The number of nitrogens with two attached hydrogens (primary N) is 1. The van der Waals surface area contributed by atoms with Crippen molar-refractivity contribution in [3.05, 3.63) is 45.6 Å². The van der Waals surface area contributed by atoms with E-state index in [4.69, 9.17) is 5.73 Å². The largest absolute Gasteiger partial charge is 0.378 e. The molecule has 6 nitrogen and oxygen atoms in total. The number of nitro groups is 1. The molecule has 0 aliphatic carbocycles. The van der Waals surface area contributed by atoms with Crippen molar-refractivity contribution in [3.63, 3.8) is 0 Å². The highest BCUT2D eigenvalue weighted by atomic mass is 16.6. The van der Waals surface area contributed by atoms with Gasteiger partial charge in [0.25, 0.3) is 0 Å². The Bertz CT molecular complexity index is 572. The quantitative estimate of drug-likeness (QED) is 0.633. The van der Waals surface area contributed by atoms with Gasteiger partial charge in [0.05, 0.1) is 10.6 Å². The lowest BCUT2D eigenvalue weighted by Gasteiger charge is -2.03. The maximum Gasteiger partial charge on any atom is 0.333 e. The van der Waals surface area contributed by atoms with E-state index >= 15 is 0 Å². The first-order valence-corrected chi connectivity index (χ1v) is 5.07. The van der Waals surface area contributed by atoms with E-state index in [1.807, 2.05) is 31.2 Å². The molecule has 0 spiro atoms. The maximum absolute atomic E-state index is 10.8. The first kappa shape index (κ1) is 11.1. The summed E-state index contributed by atoms with van der Waals surface area (Å²) in [4.78, 5) is 10.3. The molecule has 0 unspecified atom stereocenters. The van der Waals surface area contributed by atoms with Crippen LogP contribution in [0.5, 0.6) is 0 Å². The second kappa shape index (κ2) is 3.89. The number of aromatic nitrogens is 2. The van der Waals surface area contributed by atoms with Crippen LogP contribution in [0.15, 0.2) is 24.3 Å². The van der Waals surface area contributed by atoms with Crippen LogP contribution in [-0.2, 0) is 0 Å². The highest BCUT2D eigenvalue weighted by Gasteiger charge is 2.23. The van der Waals surface area contributed by atoms with Crippen molar-refractivity contribution in [2.24, 2.45) is 0 Å². The minimum Gasteiger partial charge on any atom is -0.378 e. The molecular weight excluding hydrogens is 220 g/mol. The van der Waals surface area contributed by atoms with Crippen LogP contribution < -0.4 is 5.73 Å². The van der Waals surface area contributed by atoms with Gasteiger partial charge >= 0.3 is 5.69 Å². The third-order valence-corrected chi connectivity index (χ3v) is 2.52. The van der Waals surface area contributed by atoms with Gasteiger partial charge in [-0.05, 0) is 26.0 Å². The molecule has 0 saturated heterocycles. The van der Waals surface area contributed by atoms with Crippen molar-refractivity contribution in [1.29, 1.82) is 0 Å². The molecule has 2 aromatic rings. The SMILES string of the molecule is Cc1ccc(-n2nc(C)c([N+](=O)[O-])c2N)cc1. The van der Waals surface area contributed by atoms with Crippen molar-refractivity contribution in [3.8, 4) is 5.69 Å². The Morgan fingerprint density at radius 1 is 1.29 bits per heavy atom. The molecule has 1 heterocycles. The average Bonchev–Trinajstić information content (AvgIpc) is 2.55. The number of benzene rings is 1. The zero-order valence-electron chi connectivity index (χ0n) is 9.54. The minimum absolute atomic E-state index is 0.0522. The average molecular weight is 232 g/mol. The number of hydrogen-bond donors (Lipinski definition) is 1. The molecule has 17 heavy (non-hydrogen) atoms. The van der Waals surface area contributed by atoms with Crippen LogP contribution in [0.3, 0.4) is 0 Å². The normalized spacial score (nSPS) is 10.5. The van der Waals surface area contributed by atoms with Crippen LogP contribution in [0.2, 0.25) is 0 Å². The zero-order valence-corrected chi connectivity index (χ0v) is 9.54. The molecule has 0 amide bonds. The summed E-state index contributed by atoms with van der Waals surface area (Å²) < 4.78 is 1.38. The lowest BCUT2D eigenvalue weighted by atomic mass is 10.2. The predicted molar refractivity (Wildman–Crippen MR) is 64.1 cm³/mol. The summed E-state index contributed by atoms with van der Waals surface area (Å²) in [5.74, 6) is 0.0522. The van der Waals surface area contributed by atoms with E-state index in [9.17, 15) is 10.1 Å². The van der Waals surface area contributed by atoms with Gasteiger partial charge in [0, 0.05) is 0 Å². The molecule has 0 atom stereocenters. The van der Waals surface area contributed by atoms with Gasteiger partial charge in [-0.15, -0.1) is 0 Å². The molecular formula is C11H12N4O2. The van der Waals surface area contributed by atoms with Crippen molar-refractivity contribution in [2.45, 2.75) is 13.8 Å². The minimum atomic E-state index is -0.512. The Kier molecular flexibility index (Phi) is 2.55. The molecule has 0 aliphatic rings. The van der Waals surface area contributed by atoms with Crippen LogP contribution in [0.4, 0.5) is 11.5 Å². The lowest BCUT2D eigenvalue weighted by molar-refractivity contribution is -0.384.